The molecule has 17 heavy (non-hydrogen) atoms. The van der Waals surface area contributed by atoms with Crippen molar-refractivity contribution in [1.82, 2.24) is 5.32 Å². The standard InChI is InChI=1S/C15H24N2/c1-11-7-6-8-12(2)14(11)17-10-13(16-5)9-15(17,3)4/h6-8,13,16H,9-10H2,1-5H3. The van der Waals surface area contributed by atoms with Gasteiger partial charge in [-0.3, -0.25) is 0 Å². The third-order valence-corrected chi connectivity index (χ3v) is 4.00. The fourth-order valence-electron chi connectivity index (χ4n) is 3.06. The van der Waals surface area contributed by atoms with Crippen LogP contribution < -0.4 is 10.2 Å². The van der Waals surface area contributed by atoms with Crippen LogP contribution in [0.2, 0.25) is 0 Å². The van der Waals surface area contributed by atoms with E-state index in [0.29, 0.717) is 6.04 Å². The molecule has 1 saturated heterocycles. The van der Waals surface area contributed by atoms with Crippen molar-refractivity contribution < 1.29 is 0 Å². The van der Waals surface area contributed by atoms with Gasteiger partial charge < -0.3 is 10.2 Å². The average molecular weight is 232 g/mol. The summed E-state index contributed by atoms with van der Waals surface area (Å²) in [6, 6.07) is 7.17. The van der Waals surface area contributed by atoms with Crippen LogP contribution in [-0.2, 0) is 0 Å². The van der Waals surface area contributed by atoms with Crippen LogP contribution >= 0.6 is 0 Å². The van der Waals surface area contributed by atoms with Gasteiger partial charge in [-0.05, 0) is 52.3 Å². The van der Waals surface area contributed by atoms with Gasteiger partial charge in [0.1, 0.15) is 0 Å². The molecule has 1 aromatic carbocycles. The zero-order valence-corrected chi connectivity index (χ0v) is 11.7. The molecule has 1 aromatic rings. The minimum Gasteiger partial charge on any atom is -0.364 e. The van der Waals surface area contributed by atoms with E-state index in [1.165, 1.54) is 23.2 Å². The van der Waals surface area contributed by atoms with Gasteiger partial charge in [-0.15, -0.1) is 0 Å². The molecule has 0 aliphatic carbocycles. The molecule has 1 heterocycles. The molecule has 1 aliphatic rings. The summed E-state index contributed by atoms with van der Waals surface area (Å²) < 4.78 is 0. The van der Waals surface area contributed by atoms with E-state index in [4.69, 9.17) is 0 Å². The Morgan fingerprint density at radius 1 is 1.24 bits per heavy atom. The Balaban J connectivity index is 2.40. The lowest BCUT2D eigenvalue weighted by molar-refractivity contribution is 0.486. The van der Waals surface area contributed by atoms with Gasteiger partial charge in [0.2, 0.25) is 0 Å². The molecule has 0 radical (unpaired) electrons. The Morgan fingerprint density at radius 3 is 2.29 bits per heavy atom. The minimum absolute atomic E-state index is 0.241. The van der Waals surface area contributed by atoms with Gasteiger partial charge in [-0.1, -0.05) is 18.2 Å². The van der Waals surface area contributed by atoms with Crippen molar-refractivity contribution in [3.05, 3.63) is 29.3 Å². The Kier molecular flexibility index (Phi) is 3.17. The van der Waals surface area contributed by atoms with Gasteiger partial charge in [0.25, 0.3) is 0 Å². The zero-order valence-electron chi connectivity index (χ0n) is 11.7. The first kappa shape index (κ1) is 12.4. The number of likely N-dealkylation sites (N-methyl/N-ethyl adjacent to an activating group) is 1. The molecule has 0 bridgehead atoms. The zero-order chi connectivity index (χ0) is 12.6. The summed E-state index contributed by atoms with van der Waals surface area (Å²) in [5.74, 6) is 0. The first-order chi connectivity index (χ1) is 7.95. The van der Waals surface area contributed by atoms with Crippen LogP contribution in [0.15, 0.2) is 18.2 Å². The van der Waals surface area contributed by atoms with Crippen LogP contribution in [0.3, 0.4) is 0 Å². The quantitative estimate of drug-likeness (QED) is 0.843. The summed E-state index contributed by atoms with van der Waals surface area (Å²) in [4.78, 5) is 2.57. The van der Waals surface area contributed by atoms with E-state index in [9.17, 15) is 0 Å². The van der Waals surface area contributed by atoms with E-state index in [1.54, 1.807) is 0 Å². The number of para-hydroxylation sites is 1. The molecule has 1 N–H and O–H groups in total. The van der Waals surface area contributed by atoms with Crippen molar-refractivity contribution in [2.75, 3.05) is 18.5 Å². The third-order valence-electron chi connectivity index (χ3n) is 4.00. The molecule has 0 saturated carbocycles. The molecule has 2 rings (SSSR count). The van der Waals surface area contributed by atoms with Gasteiger partial charge in [0.15, 0.2) is 0 Å². The highest BCUT2D eigenvalue weighted by Crippen LogP contribution is 2.37. The average Bonchev–Trinajstić information content (AvgIpc) is 2.54. The molecule has 0 amide bonds. The molecular formula is C15H24N2. The second-order valence-corrected chi connectivity index (χ2v) is 5.85. The van der Waals surface area contributed by atoms with Crippen molar-refractivity contribution in [1.29, 1.82) is 0 Å². The molecule has 2 heteroatoms. The monoisotopic (exact) mass is 232 g/mol. The molecule has 1 aliphatic heterocycles. The Bertz CT molecular complexity index is 389. The predicted octanol–water partition coefficient (Wildman–Crippen LogP) is 2.88. The predicted molar refractivity (Wildman–Crippen MR) is 74.8 cm³/mol. The van der Waals surface area contributed by atoms with Crippen LogP contribution in [0.4, 0.5) is 5.69 Å². The summed E-state index contributed by atoms with van der Waals surface area (Å²) in [7, 11) is 2.06. The third kappa shape index (κ3) is 2.19. The summed E-state index contributed by atoms with van der Waals surface area (Å²) in [5.41, 5.74) is 4.43. The first-order valence-corrected chi connectivity index (χ1v) is 6.47. The van der Waals surface area contributed by atoms with Gasteiger partial charge in [0, 0.05) is 23.8 Å². The smallest absolute Gasteiger partial charge is 0.0430 e. The van der Waals surface area contributed by atoms with E-state index in [2.05, 4.69) is 63.2 Å². The van der Waals surface area contributed by atoms with Crippen molar-refractivity contribution in [3.63, 3.8) is 0 Å². The van der Waals surface area contributed by atoms with Crippen LogP contribution in [0, 0.1) is 13.8 Å². The van der Waals surface area contributed by atoms with Gasteiger partial charge in [-0.25, -0.2) is 0 Å². The molecule has 0 spiro atoms. The molecular weight excluding hydrogens is 208 g/mol. The summed E-state index contributed by atoms with van der Waals surface area (Å²) in [6.07, 6.45) is 1.21. The first-order valence-electron chi connectivity index (χ1n) is 6.47. The maximum atomic E-state index is 3.42. The van der Waals surface area contributed by atoms with E-state index in [0.717, 1.165) is 6.54 Å². The van der Waals surface area contributed by atoms with Crippen LogP contribution in [0.5, 0.6) is 0 Å². The van der Waals surface area contributed by atoms with Crippen LogP contribution in [0.25, 0.3) is 0 Å². The second kappa shape index (κ2) is 4.34. The van der Waals surface area contributed by atoms with E-state index in [-0.39, 0.29) is 5.54 Å². The van der Waals surface area contributed by atoms with Crippen molar-refractivity contribution >= 4 is 5.69 Å². The van der Waals surface area contributed by atoms with Crippen molar-refractivity contribution in [2.24, 2.45) is 0 Å². The molecule has 94 valence electrons. The lowest BCUT2D eigenvalue weighted by Gasteiger charge is -2.35. The number of hydrogen-bond acceptors (Lipinski definition) is 2. The fraction of sp³-hybridized carbons (Fsp3) is 0.600. The Labute approximate surface area is 105 Å². The molecule has 1 atom stereocenters. The van der Waals surface area contributed by atoms with E-state index >= 15 is 0 Å². The lowest BCUT2D eigenvalue weighted by atomic mass is 9.98. The van der Waals surface area contributed by atoms with Crippen molar-refractivity contribution in [3.8, 4) is 0 Å². The number of nitrogens with one attached hydrogen (secondary N) is 1. The van der Waals surface area contributed by atoms with Crippen LogP contribution in [-0.4, -0.2) is 25.2 Å². The maximum Gasteiger partial charge on any atom is 0.0430 e. The van der Waals surface area contributed by atoms with Gasteiger partial charge in [0.05, 0.1) is 0 Å². The summed E-state index contributed by atoms with van der Waals surface area (Å²) in [5, 5.41) is 3.42. The SMILES string of the molecule is CNC1CN(c2c(C)cccc2C)C(C)(C)C1. The number of aryl methyl sites for hydroxylation is 2. The number of benzene rings is 1. The topological polar surface area (TPSA) is 15.3 Å². The van der Waals surface area contributed by atoms with Gasteiger partial charge >= 0.3 is 0 Å². The van der Waals surface area contributed by atoms with E-state index in [1.807, 2.05) is 0 Å². The second-order valence-electron chi connectivity index (χ2n) is 5.85. The highest BCUT2D eigenvalue weighted by atomic mass is 15.3. The van der Waals surface area contributed by atoms with Gasteiger partial charge in [-0.2, -0.15) is 0 Å². The molecule has 0 aromatic heterocycles. The number of anilines is 1. The molecule has 2 nitrogen and oxygen atoms in total. The highest BCUT2D eigenvalue weighted by Gasteiger charge is 2.38. The maximum absolute atomic E-state index is 3.42. The Hall–Kier alpha value is -1.02. The summed E-state index contributed by atoms with van der Waals surface area (Å²) in [6.45, 7) is 10.2. The number of nitrogens with zero attached hydrogens (tertiary/aromatic N) is 1. The van der Waals surface area contributed by atoms with Crippen molar-refractivity contribution in [2.45, 2.75) is 45.7 Å². The summed E-state index contributed by atoms with van der Waals surface area (Å²) >= 11 is 0. The normalized spacial score (nSPS) is 23.1. The van der Waals surface area contributed by atoms with E-state index < -0.39 is 0 Å². The number of hydrogen-bond donors (Lipinski definition) is 1. The lowest BCUT2D eigenvalue weighted by Crippen LogP contribution is -2.39. The Morgan fingerprint density at radius 2 is 1.82 bits per heavy atom. The molecule has 1 fully saturated rings. The molecule has 1 unspecified atom stereocenters. The minimum atomic E-state index is 0.241. The van der Waals surface area contributed by atoms with Crippen LogP contribution in [0.1, 0.15) is 31.4 Å². The fourth-order valence-corrected chi connectivity index (χ4v) is 3.06. The largest absolute Gasteiger partial charge is 0.364 e. The number of rotatable bonds is 2. The highest BCUT2D eigenvalue weighted by molar-refractivity contribution is 5.61.